The van der Waals surface area contributed by atoms with Crippen LogP contribution < -0.4 is 4.74 Å². The van der Waals surface area contributed by atoms with Gasteiger partial charge in [-0.15, -0.1) is 0 Å². The standard InChI is InChI=1S/C15H19N3O4S/c1-11-9-16-15(17-11)14-10-22-7-6-18(14)23(19,20)13-5-3-4-12(8-13)21-2/h3-5,8-9,14H,6-7,10H2,1-2H3,(H,16,17). The fourth-order valence-corrected chi connectivity index (χ4v) is 4.19. The number of benzene rings is 1. The number of hydrogen-bond donors (Lipinski definition) is 1. The van der Waals surface area contributed by atoms with Gasteiger partial charge in [-0.05, 0) is 19.1 Å². The number of sulfonamides is 1. The lowest BCUT2D eigenvalue weighted by Gasteiger charge is -2.33. The van der Waals surface area contributed by atoms with Gasteiger partial charge in [-0.1, -0.05) is 6.07 Å². The van der Waals surface area contributed by atoms with Gasteiger partial charge in [0.1, 0.15) is 17.6 Å². The number of H-pyrrole nitrogens is 1. The molecule has 1 aromatic carbocycles. The van der Waals surface area contributed by atoms with E-state index < -0.39 is 16.1 Å². The van der Waals surface area contributed by atoms with E-state index in [4.69, 9.17) is 9.47 Å². The molecular weight excluding hydrogens is 318 g/mol. The van der Waals surface area contributed by atoms with E-state index in [1.165, 1.54) is 17.5 Å². The van der Waals surface area contributed by atoms with Gasteiger partial charge in [-0.25, -0.2) is 13.4 Å². The summed E-state index contributed by atoms with van der Waals surface area (Å²) >= 11 is 0. The number of imidazole rings is 1. The predicted octanol–water partition coefficient (Wildman–Crippen LogP) is 1.49. The molecule has 0 amide bonds. The van der Waals surface area contributed by atoms with Crippen molar-refractivity contribution < 1.29 is 17.9 Å². The second kappa shape index (κ2) is 6.31. The van der Waals surface area contributed by atoms with Gasteiger partial charge in [-0.2, -0.15) is 4.31 Å². The van der Waals surface area contributed by atoms with Crippen molar-refractivity contribution >= 4 is 10.0 Å². The summed E-state index contributed by atoms with van der Waals surface area (Å²) in [4.78, 5) is 7.57. The van der Waals surface area contributed by atoms with Crippen molar-refractivity contribution in [2.75, 3.05) is 26.9 Å². The lowest BCUT2D eigenvalue weighted by atomic mass is 10.2. The van der Waals surface area contributed by atoms with Crippen molar-refractivity contribution in [3.8, 4) is 5.75 Å². The van der Waals surface area contributed by atoms with Gasteiger partial charge in [0.25, 0.3) is 0 Å². The SMILES string of the molecule is COc1cccc(S(=O)(=O)N2CCOCC2c2ncc(C)[nH]2)c1. The van der Waals surface area contributed by atoms with Crippen LogP contribution in [0, 0.1) is 6.92 Å². The molecule has 2 aromatic rings. The van der Waals surface area contributed by atoms with E-state index in [9.17, 15) is 8.42 Å². The van der Waals surface area contributed by atoms with Crippen molar-refractivity contribution in [3.05, 3.63) is 42.0 Å². The molecule has 3 rings (SSSR count). The third-order valence-electron chi connectivity index (χ3n) is 3.77. The minimum atomic E-state index is -3.67. The van der Waals surface area contributed by atoms with E-state index in [1.807, 2.05) is 6.92 Å². The Bertz CT molecular complexity index is 788. The second-order valence-corrected chi connectivity index (χ2v) is 7.23. The molecule has 1 N–H and O–H groups in total. The summed E-state index contributed by atoms with van der Waals surface area (Å²) in [6, 6.07) is 6.00. The number of aromatic nitrogens is 2. The minimum Gasteiger partial charge on any atom is -0.497 e. The Morgan fingerprint density at radius 2 is 2.26 bits per heavy atom. The number of hydrogen-bond acceptors (Lipinski definition) is 5. The van der Waals surface area contributed by atoms with Gasteiger partial charge >= 0.3 is 0 Å². The third kappa shape index (κ3) is 3.10. The first-order chi connectivity index (χ1) is 11.0. The first-order valence-electron chi connectivity index (χ1n) is 7.27. The Morgan fingerprint density at radius 3 is 2.96 bits per heavy atom. The summed E-state index contributed by atoms with van der Waals surface area (Å²) in [5.74, 6) is 1.10. The molecule has 7 nitrogen and oxygen atoms in total. The van der Waals surface area contributed by atoms with E-state index in [2.05, 4.69) is 9.97 Å². The van der Waals surface area contributed by atoms with Crippen LogP contribution in [0.1, 0.15) is 17.6 Å². The first-order valence-corrected chi connectivity index (χ1v) is 8.71. The van der Waals surface area contributed by atoms with Crippen molar-refractivity contribution in [2.24, 2.45) is 0 Å². The zero-order valence-corrected chi connectivity index (χ0v) is 13.8. The number of nitrogens with zero attached hydrogens (tertiary/aromatic N) is 2. The van der Waals surface area contributed by atoms with Crippen LogP contribution in [-0.4, -0.2) is 49.6 Å². The Balaban J connectivity index is 1.98. The van der Waals surface area contributed by atoms with Gasteiger partial charge in [0.15, 0.2) is 0 Å². The lowest BCUT2D eigenvalue weighted by molar-refractivity contribution is 0.0292. The van der Waals surface area contributed by atoms with Crippen molar-refractivity contribution in [2.45, 2.75) is 17.9 Å². The second-order valence-electron chi connectivity index (χ2n) is 5.34. The number of nitrogens with one attached hydrogen (secondary N) is 1. The Morgan fingerprint density at radius 1 is 1.43 bits per heavy atom. The largest absolute Gasteiger partial charge is 0.497 e. The van der Waals surface area contributed by atoms with Crippen molar-refractivity contribution in [1.82, 2.24) is 14.3 Å². The average molecular weight is 337 g/mol. The lowest BCUT2D eigenvalue weighted by Crippen LogP contribution is -2.43. The van der Waals surface area contributed by atoms with Crippen LogP contribution in [0.5, 0.6) is 5.75 Å². The van der Waals surface area contributed by atoms with Gasteiger partial charge in [-0.3, -0.25) is 0 Å². The highest BCUT2D eigenvalue weighted by Crippen LogP contribution is 2.30. The molecule has 0 saturated carbocycles. The molecule has 0 bridgehead atoms. The Labute approximate surface area is 135 Å². The smallest absolute Gasteiger partial charge is 0.244 e. The highest BCUT2D eigenvalue weighted by Gasteiger charge is 2.36. The molecular formula is C15H19N3O4S. The van der Waals surface area contributed by atoms with Crippen LogP contribution in [-0.2, 0) is 14.8 Å². The van der Waals surface area contributed by atoms with Crippen molar-refractivity contribution in [3.63, 3.8) is 0 Å². The maximum atomic E-state index is 13.0. The normalized spacial score (nSPS) is 19.7. The fraction of sp³-hybridized carbons (Fsp3) is 0.400. The van der Waals surface area contributed by atoms with Gasteiger partial charge < -0.3 is 14.5 Å². The summed E-state index contributed by atoms with van der Waals surface area (Å²) in [6.45, 7) is 2.79. The molecule has 1 atom stereocenters. The Hall–Kier alpha value is -1.90. The van der Waals surface area contributed by atoms with Crippen LogP contribution >= 0.6 is 0 Å². The Kier molecular flexibility index (Phi) is 4.38. The molecule has 8 heteroatoms. The maximum absolute atomic E-state index is 13.0. The number of rotatable bonds is 4. The van der Waals surface area contributed by atoms with Gasteiger partial charge in [0, 0.05) is 24.5 Å². The van der Waals surface area contributed by atoms with E-state index in [0.717, 1.165) is 5.69 Å². The third-order valence-corrected chi connectivity index (χ3v) is 5.67. The molecule has 1 aliphatic rings. The summed E-state index contributed by atoms with van der Waals surface area (Å²) < 4.78 is 38.1. The highest BCUT2D eigenvalue weighted by molar-refractivity contribution is 7.89. The molecule has 0 spiro atoms. The molecule has 1 saturated heterocycles. The number of aryl methyl sites for hydroxylation is 1. The molecule has 2 heterocycles. The van der Waals surface area contributed by atoms with Gasteiger partial charge in [0.2, 0.25) is 10.0 Å². The van der Waals surface area contributed by atoms with Crippen LogP contribution in [0.3, 0.4) is 0 Å². The molecule has 23 heavy (non-hydrogen) atoms. The molecule has 124 valence electrons. The first kappa shape index (κ1) is 16.0. The van der Waals surface area contributed by atoms with Crippen LogP contribution in [0.25, 0.3) is 0 Å². The summed E-state index contributed by atoms with van der Waals surface area (Å²) in [5, 5.41) is 0. The zero-order chi connectivity index (χ0) is 16.4. The quantitative estimate of drug-likeness (QED) is 0.914. The molecule has 0 aliphatic carbocycles. The number of aromatic amines is 1. The minimum absolute atomic E-state index is 0.201. The summed E-state index contributed by atoms with van der Waals surface area (Å²) in [6.07, 6.45) is 1.68. The average Bonchev–Trinajstić information content (AvgIpc) is 3.01. The fourth-order valence-electron chi connectivity index (χ4n) is 2.59. The predicted molar refractivity (Wildman–Crippen MR) is 83.8 cm³/mol. The summed E-state index contributed by atoms with van der Waals surface area (Å²) in [5.41, 5.74) is 0.879. The molecule has 1 aromatic heterocycles. The molecule has 1 fully saturated rings. The highest BCUT2D eigenvalue weighted by atomic mass is 32.2. The van der Waals surface area contributed by atoms with E-state index >= 15 is 0 Å². The monoisotopic (exact) mass is 337 g/mol. The van der Waals surface area contributed by atoms with E-state index in [0.29, 0.717) is 18.2 Å². The number of ether oxygens (including phenoxy) is 2. The van der Waals surface area contributed by atoms with E-state index in [-0.39, 0.29) is 18.0 Å². The maximum Gasteiger partial charge on any atom is 0.244 e. The molecule has 0 radical (unpaired) electrons. The molecule has 1 unspecified atom stereocenters. The van der Waals surface area contributed by atoms with Gasteiger partial charge in [0.05, 0.1) is 25.2 Å². The summed E-state index contributed by atoms with van der Waals surface area (Å²) in [7, 11) is -2.16. The zero-order valence-electron chi connectivity index (χ0n) is 13.0. The van der Waals surface area contributed by atoms with Crippen LogP contribution in [0.15, 0.2) is 35.4 Å². The number of methoxy groups -OCH3 is 1. The van der Waals surface area contributed by atoms with Crippen molar-refractivity contribution in [1.29, 1.82) is 0 Å². The topological polar surface area (TPSA) is 84.5 Å². The molecule has 1 aliphatic heterocycles. The van der Waals surface area contributed by atoms with Crippen LogP contribution in [0.4, 0.5) is 0 Å². The van der Waals surface area contributed by atoms with Crippen LogP contribution in [0.2, 0.25) is 0 Å². The van der Waals surface area contributed by atoms with E-state index in [1.54, 1.807) is 24.4 Å². The number of morpholine rings is 1.